The van der Waals surface area contributed by atoms with E-state index in [4.69, 9.17) is 14.2 Å². The summed E-state index contributed by atoms with van der Waals surface area (Å²) in [6, 6.07) is 7.31. The number of hydrogen-bond acceptors (Lipinski definition) is 5. The molecule has 0 radical (unpaired) electrons. The molecule has 0 fully saturated rings. The second-order valence-corrected chi connectivity index (χ2v) is 4.56. The van der Waals surface area contributed by atoms with Gasteiger partial charge >= 0.3 is 5.97 Å². The molecule has 0 saturated carbocycles. The van der Waals surface area contributed by atoms with Crippen LogP contribution in [0, 0.1) is 0 Å². The van der Waals surface area contributed by atoms with Crippen LogP contribution >= 0.6 is 0 Å². The molecule has 0 unspecified atom stereocenters. The Kier molecular flexibility index (Phi) is 5.24. The molecule has 5 nitrogen and oxygen atoms in total. The summed E-state index contributed by atoms with van der Waals surface area (Å²) in [5.41, 5.74) is 0. The third kappa shape index (κ3) is 3.63. The lowest BCUT2D eigenvalue weighted by atomic mass is 10.2. The predicted octanol–water partition coefficient (Wildman–Crippen LogP) is 1.71. The lowest BCUT2D eigenvalue weighted by molar-refractivity contribution is -0.154. The minimum absolute atomic E-state index is 0.196. The number of fused-ring (bicyclic) bond motifs is 1. The summed E-state index contributed by atoms with van der Waals surface area (Å²) in [5.74, 6) is 0.885. The van der Waals surface area contributed by atoms with Crippen LogP contribution in [-0.4, -0.2) is 49.8 Å². The Morgan fingerprint density at radius 2 is 2.00 bits per heavy atom. The minimum Gasteiger partial charge on any atom is -0.485 e. The first-order valence-electron chi connectivity index (χ1n) is 7.02. The van der Waals surface area contributed by atoms with Crippen LogP contribution in [0.3, 0.4) is 0 Å². The van der Waals surface area contributed by atoms with Crippen molar-refractivity contribution >= 4 is 5.97 Å². The summed E-state index contributed by atoms with van der Waals surface area (Å²) < 4.78 is 16.3. The highest BCUT2D eigenvalue weighted by molar-refractivity contribution is 5.76. The Labute approximate surface area is 119 Å². The van der Waals surface area contributed by atoms with Gasteiger partial charge in [-0.15, -0.1) is 0 Å². The van der Waals surface area contributed by atoms with Crippen molar-refractivity contribution in [2.24, 2.45) is 0 Å². The highest BCUT2D eigenvalue weighted by Crippen LogP contribution is 2.31. The van der Waals surface area contributed by atoms with Crippen LogP contribution in [0.15, 0.2) is 24.3 Å². The van der Waals surface area contributed by atoms with E-state index >= 15 is 0 Å². The summed E-state index contributed by atoms with van der Waals surface area (Å²) in [7, 11) is 0. The van der Waals surface area contributed by atoms with E-state index in [1.54, 1.807) is 6.07 Å². The fraction of sp³-hybridized carbons (Fsp3) is 0.533. The Hall–Kier alpha value is -1.75. The van der Waals surface area contributed by atoms with Gasteiger partial charge in [0, 0.05) is 6.54 Å². The number of carbonyl (C=O) groups is 1. The first-order chi connectivity index (χ1) is 9.74. The Morgan fingerprint density at radius 1 is 1.30 bits per heavy atom. The fourth-order valence-electron chi connectivity index (χ4n) is 2.04. The van der Waals surface area contributed by atoms with Crippen LogP contribution in [0.2, 0.25) is 0 Å². The molecule has 5 heteroatoms. The zero-order valence-electron chi connectivity index (χ0n) is 12.0. The SMILES string of the molecule is CCN(CC)CCOC(=O)[C@@H]1COc2ccccc2O1. The highest BCUT2D eigenvalue weighted by Gasteiger charge is 2.28. The fourth-order valence-corrected chi connectivity index (χ4v) is 2.04. The molecule has 0 amide bonds. The summed E-state index contributed by atoms with van der Waals surface area (Å²) >= 11 is 0. The van der Waals surface area contributed by atoms with Gasteiger partial charge in [-0.2, -0.15) is 0 Å². The molecule has 0 spiro atoms. The van der Waals surface area contributed by atoms with Crippen molar-refractivity contribution in [1.29, 1.82) is 0 Å². The Balaban J connectivity index is 1.80. The number of nitrogens with zero attached hydrogens (tertiary/aromatic N) is 1. The molecule has 0 bridgehead atoms. The van der Waals surface area contributed by atoms with Gasteiger partial charge in [0.2, 0.25) is 6.10 Å². The molecule has 1 atom stereocenters. The van der Waals surface area contributed by atoms with Crippen molar-refractivity contribution < 1.29 is 19.0 Å². The van der Waals surface area contributed by atoms with Gasteiger partial charge in [-0.3, -0.25) is 0 Å². The van der Waals surface area contributed by atoms with E-state index < -0.39 is 6.10 Å². The van der Waals surface area contributed by atoms with Gasteiger partial charge in [0.1, 0.15) is 13.2 Å². The van der Waals surface area contributed by atoms with E-state index in [1.807, 2.05) is 18.2 Å². The quantitative estimate of drug-likeness (QED) is 0.742. The maximum Gasteiger partial charge on any atom is 0.351 e. The van der Waals surface area contributed by atoms with E-state index in [0.717, 1.165) is 19.6 Å². The molecule has 1 heterocycles. The number of carbonyl (C=O) groups excluding carboxylic acids is 1. The van der Waals surface area contributed by atoms with Gasteiger partial charge in [-0.05, 0) is 25.2 Å². The topological polar surface area (TPSA) is 48.0 Å². The van der Waals surface area contributed by atoms with Crippen LogP contribution in [0.25, 0.3) is 0 Å². The molecule has 0 aromatic heterocycles. The maximum atomic E-state index is 11.9. The standard InChI is InChI=1S/C15H21NO4/c1-3-16(4-2)9-10-18-15(17)14-11-19-12-7-5-6-8-13(12)20-14/h5-8,14H,3-4,9-11H2,1-2H3/t14-/m0/s1. The van der Waals surface area contributed by atoms with E-state index in [2.05, 4.69) is 18.7 Å². The zero-order valence-corrected chi connectivity index (χ0v) is 12.0. The zero-order chi connectivity index (χ0) is 14.4. The van der Waals surface area contributed by atoms with Crippen LogP contribution in [0.1, 0.15) is 13.8 Å². The van der Waals surface area contributed by atoms with Gasteiger partial charge in [-0.1, -0.05) is 26.0 Å². The van der Waals surface area contributed by atoms with Gasteiger partial charge in [0.25, 0.3) is 0 Å². The number of esters is 1. The number of ether oxygens (including phenoxy) is 3. The number of likely N-dealkylation sites (N-methyl/N-ethyl adjacent to an activating group) is 1. The third-order valence-corrected chi connectivity index (χ3v) is 3.32. The first-order valence-corrected chi connectivity index (χ1v) is 7.02. The molecular weight excluding hydrogens is 258 g/mol. The maximum absolute atomic E-state index is 11.9. The number of benzene rings is 1. The van der Waals surface area contributed by atoms with E-state index in [0.29, 0.717) is 18.1 Å². The predicted molar refractivity (Wildman–Crippen MR) is 75.1 cm³/mol. The van der Waals surface area contributed by atoms with Crippen molar-refractivity contribution in [2.45, 2.75) is 20.0 Å². The highest BCUT2D eigenvalue weighted by atomic mass is 16.6. The third-order valence-electron chi connectivity index (χ3n) is 3.32. The summed E-state index contributed by atoms with van der Waals surface area (Å²) in [5, 5.41) is 0. The second-order valence-electron chi connectivity index (χ2n) is 4.56. The molecule has 1 aliphatic rings. The summed E-state index contributed by atoms with van der Waals surface area (Å²) in [6.45, 7) is 7.38. The van der Waals surface area contributed by atoms with E-state index in [-0.39, 0.29) is 12.6 Å². The van der Waals surface area contributed by atoms with Crippen LogP contribution in [0.5, 0.6) is 11.5 Å². The lowest BCUT2D eigenvalue weighted by Crippen LogP contribution is -2.39. The molecule has 0 aliphatic carbocycles. The lowest BCUT2D eigenvalue weighted by Gasteiger charge is -2.25. The summed E-state index contributed by atoms with van der Waals surface area (Å²) in [4.78, 5) is 14.1. The molecule has 2 rings (SSSR count). The Morgan fingerprint density at radius 3 is 2.70 bits per heavy atom. The van der Waals surface area contributed by atoms with Gasteiger partial charge < -0.3 is 19.1 Å². The van der Waals surface area contributed by atoms with Gasteiger partial charge in [0.15, 0.2) is 11.5 Å². The minimum atomic E-state index is -0.679. The van der Waals surface area contributed by atoms with E-state index in [1.165, 1.54) is 0 Å². The molecular formula is C15H21NO4. The largest absolute Gasteiger partial charge is 0.485 e. The number of rotatable bonds is 6. The van der Waals surface area contributed by atoms with Crippen molar-refractivity contribution in [3.8, 4) is 11.5 Å². The molecule has 110 valence electrons. The molecule has 20 heavy (non-hydrogen) atoms. The number of para-hydroxylation sites is 2. The second kappa shape index (κ2) is 7.14. The number of hydrogen-bond donors (Lipinski definition) is 0. The molecule has 1 aromatic rings. The normalized spacial score (nSPS) is 17.1. The average molecular weight is 279 g/mol. The van der Waals surface area contributed by atoms with Gasteiger partial charge in [0.05, 0.1) is 0 Å². The summed E-state index contributed by atoms with van der Waals surface area (Å²) in [6.07, 6.45) is -0.679. The first kappa shape index (κ1) is 14.7. The van der Waals surface area contributed by atoms with Gasteiger partial charge in [-0.25, -0.2) is 4.79 Å². The van der Waals surface area contributed by atoms with Crippen LogP contribution in [-0.2, 0) is 9.53 Å². The van der Waals surface area contributed by atoms with Crippen molar-refractivity contribution in [3.05, 3.63) is 24.3 Å². The van der Waals surface area contributed by atoms with Crippen molar-refractivity contribution in [2.75, 3.05) is 32.8 Å². The average Bonchev–Trinajstić information content (AvgIpc) is 2.51. The molecule has 0 N–H and O–H groups in total. The monoisotopic (exact) mass is 279 g/mol. The van der Waals surface area contributed by atoms with Crippen LogP contribution < -0.4 is 9.47 Å². The van der Waals surface area contributed by atoms with Crippen molar-refractivity contribution in [1.82, 2.24) is 4.90 Å². The molecule has 1 aromatic carbocycles. The molecule has 1 aliphatic heterocycles. The van der Waals surface area contributed by atoms with Crippen LogP contribution in [0.4, 0.5) is 0 Å². The Bertz CT molecular complexity index is 445. The smallest absolute Gasteiger partial charge is 0.351 e. The van der Waals surface area contributed by atoms with E-state index in [9.17, 15) is 4.79 Å². The van der Waals surface area contributed by atoms with Crippen molar-refractivity contribution in [3.63, 3.8) is 0 Å². The molecule has 0 saturated heterocycles.